The minimum absolute atomic E-state index is 0.0550. The fraction of sp³-hybridized carbons (Fsp3) is 0.350. The van der Waals surface area contributed by atoms with Crippen LogP contribution in [0.4, 0.5) is 4.39 Å². The molecular formula is C20H22FNO2. The zero-order valence-electron chi connectivity index (χ0n) is 13.6. The third-order valence-corrected chi connectivity index (χ3v) is 4.55. The highest BCUT2D eigenvalue weighted by atomic mass is 19.1. The number of carbonyl (C=O) groups is 1. The topological polar surface area (TPSA) is 49.3 Å². The molecule has 0 aliphatic heterocycles. The summed E-state index contributed by atoms with van der Waals surface area (Å²) in [5.41, 5.74) is 4.84. The Hall–Kier alpha value is -2.20. The first-order valence-corrected chi connectivity index (χ1v) is 8.41. The molecule has 1 aliphatic rings. The molecule has 1 amide bonds. The number of carbonyl (C=O) groups excluding carboxylic acids is 1. The summed E-state index contributed by atoms with van der Waals surface area (Å²) < 4.78 is 13.3. The molecule has 0 unspecified atom stereocenters. The highest BCUT2D eigenvalue weighted by Crippen LogP contribution is 2.22. The van der Waals surface area contributed by atoms with Gasteiger partial charge in [-0.2, -0.15) is 0 Å². The van der Waals surface area contributed by atoms with Crippen LogP contribution in [0, 0.1) is 5.82 Å². The van der Waals surface area contributed by atoms with E-state index in [-0.39, 0.29) is 18.1 Å². The van der Waals surface area contributed by atoms with Crippen LogP contribution in [0.2, 0.25) is 0 Å². The third-order valence-electron chi connectivity index (χ3n) is 4.55. The number of nitrogens with one attached hydrogen (secondary N) is 1. The van der Waals surface area contributed by atoms with E-state index < -0.39 is 5.82 Å². The molecule has 0 atom stereocenters. The van der Waals surface area contributed by atoms with Gasteiger partial charge in [0.1, 0.15) is 5.82 Å². The monoisotopic (exact) mass is 327 g/mol. The van der Waals surface area contributed by atoms with Gasteiger partial charge < -0.3 is 10.4 Å². The predicted molar refractivity (Wildman–Crippen MR) is 91.0 cm³/mol. The fourth-order valence-corrected chi connectivity index (χ4v) is 3.20. The summed E-state index contributed by atoms with van der Waals surface area (Å²) in [6.07, 6.45) is 5.06. The van der Waals surface area contributed by atoms with Crippen molar-refractivity contribution >= 4 is 5.91 Å². The molecule has 0 fully saturated rings. The van der Waals surface area contributed by atoms with Crippen molar-refractivity contribution in [2.24, 2.45) is 0 Å². The molecule has 24 heavy (non-hydrogen) atoms. The van der Waals surface area contributed by atoms with Crippen molar-refractivity contribution < 1.29 is 14.3 Å². The van der Waals surface area contributed by atoms with E-state index in [0.29, 0.717) is 13.0 Å². The molecule has 0 bridgehead atoms. The first-order chi connectivity index (χ1) is 11.7. The van der Waals surface area contributed by atoms with E-state index in [2.05, 4.69) is 17.4 Å². The Morgan fingerprint density at radius 1 is 1.04 bits per heavy atom. The van der Waals surface area contributed by atoms with Crippen molar-refractivity contribution in [2.75, 3.05) is 0 Å². The molecule has 4 heteroatoms. The van der Waals surface area contributed by atoms with Crippen molar-refractivity contribution in [3.8, 4) is 0 Å². The largest absolute Gasteiger partial charge is 0.392 e. The second kappa shape index (κ2) is 7.58. The molecule has 0 aromatic heterocycles. The first kappa shape index (κ1) is 16.7. The van der Waals surface area contributed by atoms with Crippen LogP contribution < -0.4 is 5.32 Å². The number of aliphatic hydroxyl groups is 1. The number of aryl methyl sites for hydroxylation is 2. The van der Waals surface area contributed by atoms with E-state index in [0.717, 1.165) is 24.0 Å². The molecule has 2 aromatic rings. The van der Waals surface area contributed by atoms with Crippen molar-refractivity contribution in [3.63, 3.8) is 0 Å². The van der Waals surface area contributed by atoms with Crippen LogP contribution in [0.15, 0.2) is 36.4 Å². The summed E-state index contributed by atoms with van der Waals surface area (Å²) in [5, 5.41) is 11.9. The first-order valence-electron chi connectivity index (χ1n) is 8.41. The number of hydrogen-bond donors (Lipinski definition) is 2. The van der Waals surface area contributed by atoms with Gasteiger partial charge in [-0.15, -0.1) is 0 Å². The van der Waals surface area contributed by atoms with Gasteiger partial charge in [0.05, 0.1) is 13.0 Å². The molecule has 1 aliphatic carbocycles. The van der Waals surface area contributed by atoms with Gasteiger partial charge in [0.25, 0.3) is 0 Å². The molecule has 0 saturated heterocycles. The van der Waals surface area contributed by atoms with Crippen molar-refractivity contribution in [1.82, 2.24) is 5.32 Å². The molecule has 0 heterocycles. The van der Waals surface area contributed by atoms with Crippen LogP contribution in [-0.4, -0.2) is 11.0 Å². The van der Waals surface area contributed by atoms with E-state index in [4.69, 9.17) is 5.11 Å². The van der Waals surface area contributed by atoms with Crippen LogP contribution in [0.1, 0.15) is 40.7 Å². The summed E-state index contributed by atoms with van der Waals surface area (Å²) in [5.74, 6) is -0.484. The Morgan fingerprint density at radius 2 is 1.79 bits per heavy atom. The molecule has 126 valence electrons. The number of benzene rings is 2. The fourth-order valence-electron chi connectivity index (χ4n) is 3.20. The lowest BCUT2D eigenvalue weighted by molar-refractivity contribution is -0.120. The van der Waals surface area contributed by atoms with Gasteiger partial charge in [-0.25, -0.2) is 4.39 Å². The summed E-state index contributed by atoms with van der Waals surface area (Å²) in [4.78, 5) is 12.1. The average molecular weight is 327 g/mol. The van der Waals surface area contributed by atoms with Gasteiger partial charge in [-0.05, 0) is 60.1 Å². The molecule has 3 rings (SSSR count). The maximum Gasteiger partial charge on any atom is 0.224 e. The van der Waals surface area contributed by atoms with Crippen LogP contribution in [0.25, 0.3) is 0 Å². The molecule has 3 nitrogen and oxygen atoms in total. The smallest absolute Gasteiger partial charge is 0.224 e. The van der Waals surface area contributed by atoms with Gasteiger partial charge in [0, 0.05) is 12.1 Å². The summed E-state index contributed by atoms with van der Waals surface area (Å²) in [7, 11) is 0. The maximum atomic E-state index is 13.3. The number of amides is 1. The second-order valence-electron chi connectivity index (χ2n) is 6.35. The third kappa shape index (κ3) is 4.01. The van der Waals surface area contributed by atoms with Crippen LogP contribution in [-0.2, 0) is 37.2 Å². The predicted octanol–water partition coefficient (Wildman–Crippen LogP) is 3.06. The quantitative estimate of drug-likeness (QED) is 0.887. The zero-order valence-corrected chi connectivity index (χ0v) is 13.6. The van der Waals surface area contributed by atoms with Crippen LogP contribution in [0.3, 0.4) is 0 Å². The van der Waals surface area contributed by atoms with Crippen LogP contribution in [0.5, 0.6) is 0 Å². The highest BCUT2D eigenvalue weighted by molar-refractivity contribution is 5.78. The normalized spacial score (nSPS) is 13.4. The van der Waals surface area contributed by atoms with Gasteiger partial charge in [-0.3, -0.25) is 4.79 Å². The number of halogens is 1. The van der Waals surface area contributed by atoms with Crippen LogP contribution >= 0.6 is 0 Å². The highest BCUT2D eigenvalue weighted by Gasteiger charge is 2.11. The lowest BCUT2D eigenvalue weighted by Gasteiger charge is -2.16. The van der Waals surface area contributed by atoms with Gasteiger partial charge in [-0.1, -0.05) is 24.3 Å². The molecule has 0 radical (unpaired) electrons. The maximum absolute atomic E-state index is 13.3. The Labute approximate surface area is 141 Å². The van der Waals surface area contributed by atoms with Gasteiger partial charge in [0.2, 0.25) is 5.91 Å². The Morgan fingerprint density at radius 3 is 2.58 bits per heavy atom. The standard InChI is InChI=1S/C20H22FNO2/c21-19-8-6-15(10-18(19)13-23)12-22-20(24)11-14-5-7-16-3-1-2-4-17(16)9-14/h5-10,23H,1-4,11-13H2,(H,22,24). The lowest BCUT2D eigenvalue weighted by atomic mass is 9.90. The molecule has 2 N–H and O–H groups in total. The summed E-state index contributed by atoms with van der Waals surface area (Å²) in [6, 6.07) is 10.8. The minimum atomic E-state index is -0.429. The Kier molecular flexibility index (Phi) is 5.26. The number of rotatable bonds is 5. The van der Waals surface area contributed by atoms with Crippen molar-refractivity contribution in [3.05, 3.63) is 70.0 Å². The van der Waals surface area contributed by atoms with Crippen molar-refractivity contribution in [1.29, 1.82) is 0 Å². The number of fused-ring (bicyclic) bond motifs is 1. The molecular weight excluding hydrogens is 305 g/mol. The van der Waals surface area contributed by atoms with Crippen molar-refractivity contribution in [2.45, 2.75) is 45.3 Å². The number of aliphatic hydroxyl groups excluding tert-OH is 1. The van der Waals surface area contributed by atoms with E-state index >= 15 is 0 Å². The summed E-state index contributed by atoms with van der Waals surface area (Å²) >= 11 is 0. The zero-order chi connectivity index (χ0) is 16.9. The lowest BCUT2D eigenvalue weighted by Crippen LogP contribution is -2.24. The van der Waals surface area contributed by atoms with Gasteiger partial charge in [0.15, 0.2) is 0 Å². The van der Waals surface area contributed by atoms with E-state index in [1.54, 1.807) is 12.1 Å². The molecule has 2 aromatic carbocycles. The SMILES string of the molecule is O=C(Cc1ccc2c(c1)CCCC2)NCc1ccc(F)c(CO)c1. The van der Waals surface area contributed by atoms with E-state index in [9.17, 15) is 9.18 Å². The molecule has 0 spiro atoms. The van der Waals surface area contributed by atoms with Gasteiger partial charge >= 0.3 is 0 Å². The van der Waals surface area contributed by atoms with E-state index in [1.807, 2.05) is 6.07 Å². The second-order valence-corrected chi connectivity index (χ2v) is 6.35. The average Bonchev–Trinajstić information content (AvgIpc) is 2.61. The van der Waals surface area contributed by atoms with E-state index in [1.165, 1.54) is 30.0 Å². The summed E-state index contributed by atoms with van der Waals surface area (Å²) in [6.45, 7) is -0.0141. The molecule has 0 saturated carbocycles. The minimum Gasteiger partial charge on any atom is -0.392 e. The Balaban J connectivity index is 1.58. The Bertz CT molecular complexity index is 742. The number of hydrogen-bond acceptors (Lipinski definition) is 2.